The lowest BCUT2D eigenvalue weighted by atomic mass is 10.1. The van der Waals surface area contributed by atoms with Crippen LogP contribution in [0.5, 0.6) is 0 Å². The zero-order valence-electron chi connectivity index (χ0n) is 15.3. The molecule has 3 rings (SSSR count). The van der Waals surface area contributed by atoms with Crippen LogP contribution in [0.2, 0.25) is 0 Å². The molecule has 1 amide bonds. The molecular formula is C19H18N4O5. The number of H-pyrrole nitrogens is 1. The third kappa shape index (κ3) is 3.98. The summed E-state index contributed by atoms with van der Waals surface area (Å²) in [7, 11) is 1.55. The fraction of sp³-hybridized carbons (Fsp3) is 0.211. The molecule has 0 bridgehead atoms. The molecule has 0 spiro atoms. The van der Waals surface area contributed by atoms with Crippen LogP contribution in [0, 0.1) is 10.1 Å². The summed E-state index contributed by atoms with van der Waals surface area (Å²) in [6.45, 7) is 1.92. The molecule has 1 heterocycles. The number of nitrogens with zero attached hydrogens (tertiary/aromatic N) is 3. The van der Waals surface area contributed by atoms with E-state index in [9.17, 15) is 19.7 Å². The molecule has 0 atom stereocenters. The molecule has 0 saturated heterocycles. The van der Waals surface area contributed by atoms with Crippen LogP contribution in [-0.4, -0.2) is 45.3 Å². The highest BCUT2D eigenvalue weighted by atomic mass is 16.6. The molecule has 0 aliphatic rings. The van der Waals surface area contributed by atoms with Gasteiger partial charge in [-0.3, -0.25) is 14.9 Å². The number of rotatable bonds is 6. The number of hydrogen-bond acceptors (Lipinski definition) is 6. The molecule has 1 aromatic heterocycles. The first-order valence-electron chi connectivity index (χ1n) is 8.54. The monoisotopic (exact) mass is 382 g/mol. The fourth-order valence-corrected chi connectivity index (χ4v) is 2.77. The van der Waals surface area contributed by atoms with Crippen LogP contribution < -0.4 is 0 Å². The van der Waals surface area contributed by atoms with Crippen molar-refractivity contribution in [1.82, 2.24) is 14.9 Å². The number of nitro groups is 1. The number of carbonyl (C=O) groups excluding carboxylic acids is 2. The van der Waals surface area contributed by atoms with Crippen molar-refractivity contribution in [3.05, 3.63) is 69.5 Å². The lowest BCUT2D eigenvalue weighted by molar-refractivity contribution is -0.384. The number of ether oxygens (including phenoxy) is 1. The SMILES string of the molecule is CCOC(=O)c1cc(C(=O)N(C)Cc2nc3ccccc3[nH]2)cc([N+](=O)[O-])c1. The van der Waals surface area contributed by atoms with Crippen LogP contribution in [0.25, 0.3) is 11.0 Å². The first-order valence-corrected chi connectivity index (χ1v) is 8.54. The van der Waals surface area contributed by atoms with E-state index in [2.05, 4.69) is 9.97 Å². The number of hydrogen-bond donors (Lipinski definition) is 1. The number of imidazole rings is 1. The summed E-state index contributed by atoms with van der Waals surface area (Å²) in [4.78, 5) is 44.2. The van der Waals surface area contributed by atoms with Gasteiger partial charge in [0.25, 0.3) is 11.6 Å². The Morgan fingerprint density at radius 3 is 2.61 bits per heavy atom. The zero-order valence-corrected chi connectivity index (χ0v) is 15.3. The van der Waals surface area contributed by atoms with Gasteiger partial charge in [-0.2, -0.15) is 0 Å². The molecule has 144 valence electrons. The highest BCUT2D eigenvalue weighted by Gasteiger charge is 2.21. The zero-order chi connectivity index (χ0) is 20.3. The predicted octanol–water partition coefficient (Wildman–Crippen LogP) is 2.92. The van der Waals surface area contributed by atoms with Gasteiger partial charge in [-0.25, -0.2) is 9.78 Å². The molecule has 0 aliphatic carbocycles. The van der Waals surface area contributed by atoms with Gasteiger partial charge >= 0.3 is 5.97 Å². The largest absolute Gasteiger partial charge is 0.462 e. The number of esters is 1. The van der Waals surface area contributed by atoms with Crippen molar-refractivity contribution in [2.45, 2.75) is 13.5 Å². The van der Waals surface area contributed by atoms with E-state index < -0.39 is 16.8 Å². The van der Waals surface area contributed by atoms with E-state index in [4.69, 9.17) is 4.74 Å². The highest BCUT2D eigenvalue weighted by molar-refractivity contribution is 5.98. The van der Waals surface area contributed by atoms with Crippen molar-refractivity contribution in [3.8, 4) is 0 Å². The molecule has 0 radical (unpaired) electrons. The summed E-state index contributed by atoms with van der Waals surface area (Å²) in [5, 5.41) is 11.2. The summed E-state index contributed by atoms with van der Waals surface area (Å²) < 4.78 is 4.89. The number of carbonyl (C=O) groups is 2. The summed E-state index contributed by atoms with van der Waals surface area (Å²) >= 11 is 0. The first kappa shape index (κ1) is 19.0. The third-order valence-corrected chi connectivity index (χ3v) is 4.06. The van der Waals surface area contributed by atoms with Crippen molar-refractivity contribution in [2.24, 2.45) is 0 Å². The molecule has 0 aliphatic heterocycles. The van der Waals surface area contributed by atoms with Gasteiger partial charge in [-0.15, -0.1) is 0 Å². The Morgan fingerprint density at radius 2 is 1.93 bits per heavy atom. The van der Waals surface area contributed by atoms with Gasteiger partial charge in [0.2, 0.25) is 0 Å². The highest BCUT2D eigenvalue weighted by Crippen LogP contribution is 2.20. The van der Waals surface area contributed by atoms with E-state index in [0.717, 1.165) is 23.2 Å². The van der Waals surface area contributed by atoms with E-state index in [1.54, 1.807) is 14.0 Å². The topological polar surface area (TPSA) is 118 Å². The number of aromatic amines is 1. The molecule has 2 aromatic carbocycles. The molecule has 0 saturated carbocycles. The van der Waals surface area contributed by atoms with Crippen molar-refractivity contribution >= 4 is 28.6 Å². The van der Waals surface area contributed by atoms with Gasteiger partial charge in [0.15, 0.2) is 0 Å². The molecule has 0 unspecified atom stereocenters. The minimum absolute atomic E-state index is 0.0239. The summed E-state index contributed by atoms with van der Waals surface area (Å²) in [6.07, 6.45) is 0. The lowest BCUT2D eigenvalue weighted by Crippen LogP contribution is -2.27. The maximum Gasteiger partial charge on any atom is 0.338 e. The number of nitro benzene ring substituents is 1. The Hall–Kier alpha value is -3.75. The summed E-state index contributed by atoms with van der Waals surface area (Å²) in [5.41, 5.74) is 1.25. The maximum atomic E-state index is 12.8. The van der Waals surface area contributed by atoms with E-state index >= 15 is 0 Å². The smallest absolute Gasteiger partial charge is 0.338 e. The average molecular weight is 382 g/mol. The van der Waals surface area contributed by atoms with Gasteiger partial charge in [0.1, 0.15) is 5.82 Å². The van der Waals surface area contributed by atoms with Crippen molar-refractivity contribution < 1.29 is 19.2 Å². The quantitative estimate of drug-likeness (QED) is 0.398. The first-order chi connectivity index (χ1) is 13.4. The van der Waals surface area contributed by atoms with E-state index in [-0.39, 0.29) is 30.0 Å². The second-order valence-electron chi connectivity index (χ2n) is 6.11. The van der Waals surface area contributed by atoms with Gasteiger partial charge in [-0.1, -0.05) is 12.1 Å². The molecule has 0 fully saturated rings. The number of non-ortho nitro benzene ring substituents is 1. The second kappa shape index (κ2) is 7.87. The number of para-hydroxylation sites is 2. The number of aromatic nitrogens is 2. The Labute approximate surface area is 160 Å². The Kier molecular flexibility index (Phi) is 5.35. The van der Waals surface area contributed by atoms with Crippen LogP contribution in [-0.2, 0) is 11.3 Å². The molecule has 1 N–H and O–H groups in total. The fourth-order valence-electron chi connectivity index (χ4n) is 2.77. The molecular weight excluding hydrogens is 364 g/mol. The van der Waals surface area contributed by atoms with E-state index in [1.807, 2.05) is 24.3 Å². The van der Waals surface area contributed by atoms with Crippen LogP contribution in [0.15, 0.2) is 42.5 Å². The van der Waals surface area contributed by atoms with E-state index in [1.165, 1.54) is 11.0 Å². The Morgan fingerprint density at radius 1 is 1.21 bits per heavy atom. The molecule has 9 nitrogen and oxygen atoms in total. The van der Waals surface area contributed by atoms with E-state index in [0.29, 0.717) is 5.82 Å². The van der Waals surface area contributed by atoms with Crippen LogP contribution >= 0.6 is 0 Å². The van der Waals surface area contributed by atoms with Gasteiger partial charge in [-0.05, 0) is 25.1 Å². The van der Waals surface area contributed by atoms with Crippen LogP contribution in [0.3, 0.4) is 0 Å². The lowest BCUT2D eigenvalue weighted by Gasteiger charge is -2.16. The minimum Gasteiger partial charge on any atom is -0.462 e. The summed E-state index contributed by atoms with van der Waals surface area (Å²) in [5.74, 6) is -0.622. The second-order valence-corrected chi connectivity index (χ2v) is 6.11. The van der Waals surface area contributed by atoms with Crippen molar-refractivity contribution in [2.75, 3.05) is 13.7 Å². The predicted molar refractivity (Wildman–Crippen MR) is 101 cm³/mol. The number of fused-ring (bicyclic) bond motifs is 1. The van der Waals surface area contributed by atoms with Crippen LogP contribution in [0.1, 0.15) is 33.5 Å². The standard InChI is InChI=1S/C19H18N4O5/c1-3-28-19(25)13-8-12(9-14(10-13)23(26)27)18(24)22(2)11-17-20-15-6-4-5-7-16(15)21-17/h4-10H,3,11H2,1-2H3,(H,20,21). The maximum absolute atomic E-state index is 12.8. The number of nitrogens with one attached hydrogen (secondary N) is 1. The third-order valence-electron chi connectivity index (χ3n) is 4.06. The Balaban J connectivity index is 1.87. The normalized spacial score (nSPS) is 10.6. The molecule has 9 heteroatoms. The summed E-state index contributed by atoms with van der Waals surface area (Å²) in [6, 6.07) is 11.0. The number of benzene rings is 2. The minimum atomic E-state index is -0.722. The van der Waals surface area contributed by atoms with Gasteiger partial charge in [0, 0.05) is 24.7 Å². The van der Waals surface area contributed by atoms with Crippen molar-refractivity contribution in [3.63, 3.8) is 0 Å². The van der Waals surface area contributed by atoms with Crippen LogP contribution in [0.4, 0.5) is 5.69 Å². The number of amides is 1. The Bertz CT molecular complexity index is 1030. The van der Waals surface area contributed by atoms with Gasteiger partial charge in [0.05, 0.1) is 34.7 Å². The average Bonchev–Trinajstić information content (AvgIpc) is 3.09. The van der Waals surface area contributed by atoms with Gasteiger partial charge < -0.3 is 14.6 Å². The molecule has 28 heavy (non-hydrogen) atoms. The molecule has 3 aromatic rings. The van der Waals surface area contributed by atoms with Crippen molar-refractivity contribution in [1.29, 1.82) is 0 Å².